The summed E-state index contributed by atoms with van der Waals surface area (Å²) in [5.74, 6) is 0. The Morgan fingerprint density at radius 2 is 2.19 bits per heavy atom. The van der Waals surface area contributed by atoms with Crippen LogP contribution < -0.4 is 10.6 Å². The molecule has 0 atom stereocenters. The van der Waals surface area contributed by atoms with Crippen LogP contribution in [0.25, 0.3) is 0 Å². The van der Waals surface area contributed by atoms with Gasteiger partial charge in [0.1, 0.15) is 0 Å². The summed E-state index contributed by atoms with van der Waals surface area (Å²) in [7, 11) is 2.01. The van der Waals surface area contributed by atoms with Gasteiger partial charge >= 0.3 is 0 Å². The van der Waals surface area contributed by atoms with Crippen molar-refractivity contribution in [3.63, 3.8) is 0 Å². The summed E-state index contributed by atoms with van der Waals surface area (Å²) in [4.78, 5) is 2.11. The molecule has 0 saturated carbocycles. The lowest BCUT2D eigenvalue weighted by Gasteiger charge is -2.19. The molecule has 1 aromatic rings. The molecule has 16 heavy (non-hydrogen) atoms. The fraction of sp³-hybridized carbons (Fsp3) is 0.500. The molecule has 0 saturated heterocycles. The molecule has 0 fully saturated rings. The Labute approximate surface area is 96.6 Å². The van der Waals surface area contributed by atoms with Crippen LogP contribution in [0.5, 0.6) is 0 Å². The second-order valence-corrected chi connectivity index (χ2v) is 3.63. The van der Waals surface area contributed by atoms with Gasteiger partial charge in [-0.05, 0) is 17.7 Å². The van der Waals surface area contributed by atoms with Crippen LogP contribution in [0.1, 0.15) is 5.56 Å². The molecular formula is C12H20N2O2. The van der Waals surface area contributed by atoms with Crippen LogP contribution in [0.2, 0.25) is 0 Å². The number of anilines is 1. The molecule has 0 aliphatic rings. The minimum atomic E-state index is 0.0758. The molecule has 0 heterocycles. The zero-order valence-electron chi connectivity index (χ0n) is 9.72. The van der Waals surface area contributed by atoms with Crippen molar-refractivity contribution in [2.75, 3.05) is 38.3 Å². The van der Waals surface area contributed by atoms with Gasteiger partial charge in [0.2, 0.25) is 0 Å². The quantitative estimate of drug-likeness (QED) is 0.666. The Morgan fingerprint density at radius 3 is 2.88 bits per heavy atom. The molecule has 0 unspecified atom stereocenters. The van der Waals surface area contributed by atoms with E-state index in [9.17, 15) is 0 Å². The Balaban J connectivity index is 2.42. The maximum absolute atomic E-state index is 8.56. The van der Waals surface area contributed by atoms with Crippen LogP contribution in [0.15, 0.2) is 24.3 Å². The lowest BCUT2D eigenvalue weighted by molar-refractivity contribution is 0.0971. The van der Waals surface area contributed by atoms with E-state index in [1.807, 2.05) is 25.2 Å². The van der Waals surface area contributed by atoms with Gasteiger partial charge < -0.3 is 20.5 Å². The van der Waals surface area contributed by atoms with Crippen molar-refractivity contribution >= 4 is 5.69 Å². The zero-order chi connectivity index (χ0) is 11.8. The summed E-state index contributed by atoms with van der Waals surface area (Å²) in [6, 6.07) is 8.14. The van der Waals surface area contributed by atoms with Crippen LogP contribution in [-0.4, -0.2) is 38.5 Å². The Bertz CT molecular complexity index is 305. The van der Waals surface area contributed by atoms with E-state index in [1.54, 1.807) is 0 Å². The van der Waals surface area contributed by atoms with E-state index in [2.05, 4.69) is 11.0 Å². The summed E-state index contributed by atoms with van der Waals surface area (Å²) in [6.07, 6.45) is 0. The van der Waals surface area contributed by atoms with Gasteiger partial charge in [0, 0.05) is 25.8 Å². The molecule has 4 nitrogen and oxygen atoms in total. The molecule has 0 aliphatic carbocycles. The van der Waals surface area contributed by atoms with Crippen molar-refractivity contribution in [1.29, 1.82) is 0 Å². The zero-order valence-corrected chi connectivity index (χ0v) is 9.72. The van der Waals surface area contributed by atoms with E-state index in [-0.39, 0.29) is 6.61 Å². The van der Waals surface area contributed by atoms with Crippen molar-refractivity contribution in [2.45, 2.75) is 6.54 Å². The lowest BCUT2D eigenvalue weighted by Crippen LogP contribution is -2.23. The van der Waals surface area contributed by atoms with Gasteiger partial charge in [0.05, 0.1) is 19.8 Å². The molecule has 0 bridgehead atoms. The monoisotopic (exact) mass is 224 g/mol. The van der Waals surface area contributed by atoms with E-state index < -0.39 is 0 Å². The first-order valence-corrected chi connectivity index (χ1v) is 5.46. The van der Waals surface area contributed by atoms with Crippen LogP contribution in [-0.2, 0) is 11.3 Å². The number of likely N-dealkylation sites (N-methyl/N-ethyl adjacent to an activating group) is 1. The lowest BCUT2D eigenvalue weighted by atomic mass is 10.2. The predicted molar refractivity (Wildman–Crippen MR) is 65.5 cm³/mol. The van der Waals surface area contributed by atoms with E-state index >= 15 is 0 Å². The SMILES string of the molecule is CN(CCOCCO)c1cccc(CN)c1. The number of hydrogen-bond donors (Lipinski definition) is 2. The third-order valence-corrected chi connectivity index (χ3v) is 2.39. The fourth-order valence-corrected chi connectivity index (χ4v) is 1.42. The number of nitrogens with two attached hydrogens (primary N) is 1. The maximum atomic E-state index is 8.56. The molecule has 0 amide bonds. The van der Waals surface area contributed by atoms with Gasteiger partial charge in [-0.3, -0.25) is 0 Å². The number of ether oxygens (including phenoxy) is 1. The number of aliphatic hydroxyl groups excluding tert-OH is 1. The van der Waals surface area contributed by atoms with Crippen molar-refractivity contribution in [2.24, 2.45) is 5.73 Å². The highest BCUT2D eigenvalue weighted by atomic mass is 16.5. The van der Waals surface area contributed by atoms with Gasteiger partial charge in [-0.25, -0.2) is 0 Å². The summed E-state index contributed by atoms with van der Waals surface area (Å²) >= 11 is 0. The van der Waals surface area contributed by atoms with E-state index in [4.69, 9.17) is 15.6 Å². The van der Waals surface area contributed by atoms with Crippen LogP contribution >= 0.6 is 0 Å². The molecule has 3 N–H and O–H groups in total. The third kappa shape index (κ3) is 4.18. The highest BCUT2D eigenvalue weighted by molar-refractivity contribution is 5.47. The average Bonchev–Trinajstić information content (AvgIpc) is 2.34. The molecule has 0 radical (unpaired) electrons. The first-order valence-electron chi connectivity index (χ1n) is 5.46. The fourth-order valence-electron chi connectivity index (χ4n) is 1.42. The van der Waals surface area contributed by atoms with Crippen LogP contribution in [0.3, 0.4) is 0 Å². The largest absolute Gasteiger partial charge is 0.394 e. The number of nitrogens with zero attached hydrogens (tertiary/aromatic N) is 1. The van der Waals surface area contributed by atoms with Crippen molar-refractivity contribution in [3.05, 3.63) is 29.8 Å². The molecule has 0 aromatic heterocycles. The minimum absolute atomic E-state index is 0.0758. The van der Waals surface area contributed by atoms with E-state index in [0.717, 1.165) is 17.8 Å². The molecule has 90 valence electrons. The second-order valence-electron chi connectivity index (χ2n) is 3.63. The molecule has 1 aromatic carbocycles. The van der Waals surface area contributed by atoms with Crippen molar-refractivity contribution in [1.82, 2.24) is 0 Å². The molecule has 4 heteroatoms. The normalized spacial score (nSPS) is 10.4. The topological polar surface area (TPSA) is 58.7 Å². The highest BCUT2D eigenvalue weighted by Crippen LogP contribution is 2.14. The Morgan fingerprint density at radius 1 is 1.38 bits per heavy atom. The molecule has 0 aliphatic heterocycles. The maximum Gasteiger partial charge on any atom is 0.0698 e. The van der Waals surface area contributed by atoms with E-state index in [0.29, 0.717) is 19.8 Å². The van der Waals surface area contributed by atoms with Crippen LogP contribution in [0, 0.1) is 0 Å². The van der Waals surface area contributed by atoms with E-state index in [1.165, 1.54) is 0 Å². The molecule has 0 spiro atoms. The predicted octanol–water partition coefficient (Wildman–Crippen LogP) is 0.590. The molecular weight excluding hydrogens is 204 g/mol. The first kappa shape index (κ1) is 13.0. The number of aliphatic hydroxyl groups is 1. The minimum Gasteiger partial charge on any atom is -0.394 e. The smallest absolute Gasteiger partial charge is 0.0698 e. The highest BCUT2D eigenvalue weighted by Gasteiger charge is 2.01. The number of rotatable bonds is 7. The van der Waals surface area contributed by atoms with Gasteiger partial charge in [-0.1, -0.05) is 12.1 Å². The van der Waals surface area contributed by atoms with Gasteiger partial charge in [-0.15, -0.1) is 0 Å². The number of hydrogen-bond acceptors (Lipinski definition) is 4. The average molecular weight is 224 g/mol. The standard InChI is InChI=1S/C12H20N2O2/c1-14(5-7-16-8-6-15)12-4-2-3-11(9-12)10-13/h2-4,9,15H,5-8,10,13H2,1H3. The summed E-state index contributed by atoms with van der Waals surface area (Å²) in [5.41, 5.74) is 7.85. The van der Waals surface area contributed by atoms with Crippen molar-refractivity contribution in [3.8, 4) is 0 Å². The van der Waals surface area contributed by atoms with Crippen molar-refractivity contribution < 1.29 is 9.84 Å². The summed E-state index contributed by atoms with van der Waals surface area (Å²) in [6.45, 7) is 2.45. The summed E-state index contributed by atoms with van der Waals surface area (Å²) in [5, 5.41) is 8.56. The van der Waals surface area contributed by atoms with Crippen LogP contribution in [0.4, 0.5) is 5.69 Å². The third-order valence-electron chi connectivity index (χ3n) is 2.39. The van der Waals surface area contributed by atoms with Gasteiger partial charge in [-0.2, -0.15) is 0 Å². The summed E-state index contributed by atoms with van der Waals surface area (Å²) < 4.78 is 5.22. The Kier molecular flexibility index (Phi) is 5.85. The molecule has 1 rings (SSSR count). The van der Waals surface area contributed by atoms with Gasteiger partial charge in [0.25, 0.3) is 0 Å². The Hall–Kier alpha value is -1.10. The second kappa shape index (κ2) is 7.22. The number of benzene rings is 1. The van der Waals surface area contributed by atoms with Gasteiger partial charge in [0.15, 0.2) is 0 Å². The first-order chi connectivity index (χ1) is 7.77.